The van der Waals surface area contributed by atoms with E-state index in [4.69, 9.17) is 0 Å². The Bertz CT molecular complexity index is 487. The first-order valence-corrected chi connectivity index (χ1v) is 6.10. The van der Waals surface area contributed by atoms with Crippen molar-refractivity contribution in [2.45, 2.75) is 20.8 Å². The monoisotopic (exact) mass is 223 g/mol. The van der Waals surface area contributed by atoms with Gasteiger partial charge in [0.25, 0.3) is 0 Å². The van der Waals surface area contributed by atoms with E-state index in [1.807, 2.05) is 0 Å². The molecule has 1 unspecified atom stereocenters. The van der Waals surface area contributed by atoms with E-state index in [2.05, 4.69) is 75.8 Å². The molecule has 1 aliphatic carbocycles. The van der Waals surface area contributed by atoms with Gasteiger partial charge in [-0.15, -0.1) is 0 Å². The third-order valence-corrected chi connectivity index (χ3v) is 3.20. The molecule has 1 radical (unpaired) electrons. The molecule has 1 aromatic carbocycles. The lowest BCUT2D eigenvalue weighted by Crippen LogP contribution is -1.95. The van der Waals surface area contributed by atoms with Crippen molar-refractivity contribution in [1.82, 2.24) is 0 Å². The fraction of sp³-hybridized carbons (Fsp3) is 0.235. The van der Waals surface area contributed by atoms with Crippen molar-refractivity contribution < 1.29 is 0 Å². The third-order valence-electron chi connectivity index (χ3n) is 3.20. The minimum atomic E-state index is 0.431. The highest BCUT2D eigenvalue weighted by molar-refractivity contribution is 5.53. The maximum Gasteiger partial charge on any atom is 0.00221 e. The summed E-state index contributed by atoms with van der Waals surface area (Å²) in [5.41, 5.74) is 5.30. The summed E-state index contributed by atoms with van der Waals surface area (Å²) in [5.74, 6) is 0.431. The Kier molecular flexibility index (Phi) is 3.63. The van der Waals surface area contributed by atoms with E-state index >= 15 is 0 Å². The maximum atomic E-state index is 2.24. The Balaban J connectivity index is 2.06. The predicted octanol–water partition coefficient (Wildman–Crippen LogP) is 4.65. The van der Waals surface area contributed by atoms with Gasteiger partial charge in [0.05, 0.1) is 0 Å². The van der Waals surface area contributed by atoms with E-state index in [1.165, 1.54) is 22.3 Å². The molecule has 1 atom stereocenters. The van der Waals surface area contributed by atoms with Crippen molar-refractivity contribution in [2.24, 2.45) is 5.92 Å². The van der Waals surface area contributed by atoms with Crippen molar-refractivity contribution in [3.05, 3.63) is 71.2 Å². The molecule has 0 saturated carbocycles. The highest BCUT2D eigenvalue weighted by Crippen LogP contribution is 2.18. The fourth-order valence-electron chi connectivity index (χ4n) is 1.86. The van der Waals surface area contributed by atoms with Crippen molar-refractivity contribution in [1.29, 1.82) is 0 Å². The van der Waals surface area contributed by atoms with Crippen LogP contribution in [0.25, 0.3) is 6.08 Å². The third kappa shape index (κ3) is 3.20. The number of rotatable bonds is 2. The number of benzene rings is 1. The van der Waals surface area contributed by atoms with E-state index in [-0.39, 0.29) is 0 Å². The van der Waals surface area contributed by atoms with Crippen LogP contribution in [0.15, 0.2) is 48.1 Å². The zero-order chi connectivity index (χ0) is 12.3. The average molecular weight is 223 g/mol. The SMILES string of the molecule is CC1=C[CH]C(/C=C/c2ccc(C)c(C)c2)C=C1. The van der Waals surface area contributed by atoms with Gasteiger partial charge in [0.1, 0.15) is 0 Å². The van der Waals surface area contributed by atoms with Crippen LogP contribution in [-0.2, 0) is 0 Å². The van der Waals surface area contributed by atoms with Crippen LogP contribution in [0.2, 0.25) is 0 Å². The molecule has 0 bridgehead atoms. The Morgan fingerprint density at radius 2 is 1.88 bits per heavy atom. The maximum absolute atomic E-state index is 2.24. The number of aryl methyl sites for hydroxylation is 2. The van der Waals surface area contributed by atoms with Gasteiger partial charge < -0.3 is 0 Å². The van der Waals surface area contributed by atoms with Gasteiger partial charge in [0.2, 0.25) is 0 Å². The normalized spacial score (nSPS) is 19.7. The molecule has 1 aliphatic rings. The van der Waals surface area contributed by atoms with E-state index in [0.29, 0.717) is 5.92 Å². The van der Waals surface area contributed by atoms with E-state index < -0.39 is 0 Å². The van der Waals surface area contributed by atoms with Crippen LogP contribution in [0, 0.1) is 26.2 Å². The van der Waals surface area contributed by atoms with Gasteiger partial charge in [-0.2, -0.15) is 0 Å². The molecule has 0 amide bonds. The summed E-state index contributed by atoms with van der Waals surface area (Å²) in [6.07, 6.45) is 13.3. The number of hydrogen-bond acceptors (Lipinski definition) is 0. The molecule has 0 spiro atoms. The summed E-state index contributed by atoms with van der Waals surface area (Å²) in [6, 6.07) is 6.59. The topological polar surface area (TPSA) is 0 Å². The van der Waals surface area contributed by atoms with Crippen LogP contribution in [0.3, 0.4) is 0 Å². The lowest BCUT2D eigenvalue weighted by atomic mass is 9.96. The van der Waals surface area contributed by atoms with Gasteiger partial charge in [-0.3, -0.25) is 0 Å². The Hall–Kier alpha value is -1.56. The summed E-state index contributed by atoms with van der Waals surface area (Å²) < 4.78 is 0. The second-order valence-corrected chi connectivity index (χ2v) is 4.74. The molecule has 0 fully saturated rings. The summed E-state index contributed by atoms with van der Waals surface area (Å²) in [7, 11) is 0. The molecule has 1 aromatic rings. The standard InChI is InChI=1S/C17H19/c1-13-4-7-16(8-5-13)10-11-17-9-6-14(2)15(3)12-17/h4-12,16H,1-3H3/b11-10+. The number of allylic oxidation sites excluding steroid dienone is 5. The van der Waals surface area contributed by atoms with E-state index in [1.54, 1.807) is 0 Å². The minimum absolute atomic E-state index is 0.431. The summed E-state index contributed by atoms with van der Waals surface area (Å²) in [5, 5.41) is 0. The zero-order valence-corrected chi connectivity index (χ0v) is 10.8. The van der Waals surface area contributed by atoms with Gasteiger partial charge in [-0.05, 0) is 43.9 Å². The van der Waals surface area contributed by atoms with Crippen LogP contribution >= 0.6 is 0 Å². The minimum Gasteiger partial charge on any atom is -0.0770 e. The molecule has 0 heteroatoms. The predicted molar refractivity (Wildman–Crippen MR) is 75.6 cm³/mol. The second-order valence-electron chi connectivity index (χ2n) is 4.74. The van der Waals surface area contributed by atoms with Crippen LogP contribution in [-0.4, -0.2) is 0 Å². The first-order chi connectivity index (χ1) is 8.15. The highest BCUT2D eigenvalue weighted by Gasteiger charge is 2.03. The van der Waals surface area contributed by atoms with Crippen LogP contribution < -0.4 is 0 Å². The lowest BCUT2D eigenvalue weighted by Gasteiger charge is -2.09. The van der Waals surface area contributed by atoms with Crippen molar-refractivity contribution in [3.63, 3.8) is 0 Å². The van der Waals surface area contributed by atoms with E-state index in [0.717, 1.165) is 0 Å². The van der Waals surface area contributed by atoms with Gasteiger partial charge in [0.15, 0.2) is 0 Å². The van der Waals surface area contributed by atoms with Gasteiger partial charge >= 0.3 is 0 Å². The van der Waals surface area contributed by atoms with Crippen LogP contribution in [0.4, 0.5) is 0 Å². The Morgan fingerprint density at radius 1 is 1.06 bits per heavy atom. The fourth-order valence-corrected chi connectivity index (χ4v) is 1.86. The van der Waals surface area contributed by atoms with Crippen molar-refractivity contribution in [2.75, 3.05) is 0 Å². The highest BCUT2D eigenvalue weighted by atomic mass is 14.1. The first-order valence-electron chi connectivity index (χ1n) is 6.10. The van der Waals surface area contributed by atoms with Crippen LogP contribution in [0.1, 0.15) is 23.6 Å². The van der Waals surface area contributed by atoms with Crippen LogP contribution in [0.5, 0.6) is 0 Å². The van der Waals surface area contributed by atoms with Crippen molar-refractivity contribution in [3.8, 4) is 0 Å². The molecule has 87 valence electrons. The van der Waals surface area contributed by atoms with Gasteiger partial charge in [-0.25, -0.2) is 0 Å². The largest absolute Gasteiger partial charge is 0.0770 e. The molecule has 2 rings (SSSR count). The summed E-state index contributed by atoms with van der Waals surface area (Å²) in [6.45, 7) is 6.43. The van der Waals surface area contributed by atoms with Gasteiger partial charge in [0, 0.05) is 5.92 Å². The molecule has 0 saturated heterocycles. The Labute approximate surface area is 104 Å². The molecule has 0 heterocycles. The smallest absolute Gasteiger partial charge is 0.00221 e. The second kappa shape index (κ2) is 5.18. The van der Waals surface area contributed by atoms with E-state index in [9.17, 15) is 0 Å². The molecule has 0 aliphatic heterocycles. The molecule has 0 aromatic heterocycles. The lowest BCUT2D eigenvalue weighted by molar-refractivity contribution is 0.983. The zero-order valence-electron chi connectivity index (χ0n) is 10.8. The summed E-state index contributed by atoms with van der Waals surface area (Å²) in [4.78, 5) is 0. The molecule has 0 N–H and O–H groups in total. The van der Waals surface area contributed by atoms with Crippen molar-refractivity contribution >= 4 is 6.08 Å². The molecule has 0 nitrogen and oxygen atoms in total. The Morgan fingerprint density at radius 3 is 2.53 bits per heavy atom. The molecular weight excluding hydrogens is 204 g/mol. The molecule has 17 heavy (non-hydrogen) atoms. The van der Waals surface area contributed by atoms with Gasteiger partial charge in [-0.1, -0.05) is 54.2 Å². The summed E-state index contributed by atoms with van der Waals surface area (Å²) >= 11 is 0. The molecular formula is C17H19. The quantitative estimate of drug-likeness (QED) is 0.684. The number of hydrogen-bond donors (Lipinski definition) is 0. The average Bonchev–Trinajstić information content (AvgIpc) is 2.33. The first kappa shape index (κ1) is 11.9.